The van der Waals surface area contributed by atoms with Gasteiger partial charge in [0.25, 0.3) is 0 Å². The summed E-state index contributed by atoms with van der Waals surface area (Å²) in [6, 6.07) is 5.48. The van der Waals surface area contributed by atoms with Gasteiger partial charge in [0.15, 0.2) is 0 Å². The summed E-state index contributed by atoms with van der Waals surface area (Å²) in [5.74, 6) is -0.289. The molecule has 100 valence electrons. The molecule has 1 unspecified atom stereocenters. The van der Waals surface area contributed by atoms with Crippen molar-refractivity contribution in [2.24, 2.45) is 0 Å². The largest absolute Gasteiger partial charge is 0.313 e. The Bertz CT molecular complexity index is 495. The van der Waals surface area contributed by atoms with Crippen LogP contribution < -0.4 is 9.62 Å². The Kier molecular flexibility index (Phi) is 3.87. The minimum Gasteiger partial charge on any atom is -0.313 e. The van der Waals surface area contributed by atoms with Gasteiger partial charge in [-0.15, -0.1) is 0 Å². The molecule has 1 atom stereocenters. The van der Waals surface area contributed by atoms with Crippen LogP contribution >= 0.6 is 0 Å². The highest BCUT2D eigenvalue weighted by atomic mass is 32.2. The van der Waals surface area contributed by atoms with Crippen molar-refractivity contribution in [2.45, 2.75) is 18.9 Å². The van der Waals surface area contributed by atoms with Crippen LogP contribution in [0.2, 0.25) is 0 Å². The third-order valence-corrected chi connectivity index (χ3v) is 5.05. The van der Waals surface area contributed by atoms with Crippen LogP contribution in [0.3, 0.4) is 0 Å². The molecule has 0 radical (unpaired) electrons. The SMILES string of the molecule is CN(c1ccc(F)cc1)S(=O)(=O)CC1CCCN1. The highest BCUT2D eigenvalue weighted by molar-refractivity contribution is 7.92. The molecular weight excluding hydrogens is 255 g/mol. The Morgan fingerprint density at radius 1 is 1.39 bits per heavy atom. The lowest BCUT2D eigenvalue weighted by atomic mass is 10.3. The molecule has 1 fully saturated rings. The Balaban J connectivity index is 2.11. The average molecular weight is 272 g/mol. The molecule has 1 heterocycles. The van der Waals surface area contributed by atoms with Gasteiger partial charge < -0.3 is 5.32 Å². The average Bonchev–Trinajstić information content (AvgIpc) is 2.81. The van der Waals surface area contributed by atoms with Gasteiger partial charge in [-0.1, -0.05) is 0 Å². The predicted octanol–water partition coefficient (Wildman–Crippen LogP) is 1.34. The summed E-state index contributed by atoms with van der Waals surface area (Å²) in [6.45, 7) is 0.875. The number of nitrogens with one attached hydrogen (secondary N) is 1. The Hall–Kier alpha value is -1.14. The van der Waals surface area contributed by atoms with Crippen LogP contribution in [-0.2, 0) is 10.0 Å². The molecule has 0 amide bonds. The van der Waals surface area contributed by atoms with Crippen molar-refractivity contribution in [3.8, 4) is 0 Å². The van der Waals surface area contributed by atoms with Gasteiger partial charge in [-0.25, -0.2) is 12.8 Å². The molecule has 1 aromatic carbocycles. The smallest absolute Gasteiger partial charge is 0.236 e. The van der Waals surface area contributed by atoms with Crippen LogP contribution in [-0.4, -0.2) is 33.8 Å². The molecule has 1 aromatic rings. The first kappa shape index (κ1) is 13.3. The third-order valence-electron chi connectivity index (χ3n) is 3.18. The van der Waals surface area contributed by atoms with Crippen molar-refractivity contribution < 1.29 is 12.8 Å². The molecule has 1 aliphatic heterocycles. The number of rotatable bonds is 4. The first-order chi connectivity index (χ1) is 8.49. The van der Waals surface area contributed by atoms with Crippen molar-refractivity contribution in [3.63, 3.8) is 0 Å². The zero-order valence-corrected chi connectivity index (χ0v) is 11.1. The minimum atomic E-state index is -3.36. The van der Waals surface area contributed by atoms with E-state index in [0.29, 0.717) is 5.69 Å². The molecule has 1 N–H and O–H groups in total. The van der Waals surface area contributed by atoms with Gasteiger partial charge in [0.1, 0.15) is 5.82 Å². The minimum absolute atomic E-state index is 0.0258. The van der Waals surface area contributed by atoms with Gasteiger partial charge >= 0.3 is 0 Å². The highest BCUT2D eigenvalue weighted by Crippen LogP contribution is 2.18. The van der Waals surface area contributed by atoms with Crippen LogP contribution in [0.15, 0.2) is 24.3 Å². The van der Waals surface area contributed by atoms with Crippen molar-refractivity contribution in [3.05, 3.63) is 30.1 Å². The number of benzene rings is 1. The zero-order valence-electron chi connectivity index (χ0n) is 10.3. The first-order valence-electron chi connectivity index (χ1n) is 5.94. The van der Waals surface area contributed by atoms with Crippen LogP contribution in [0.4, 0.5) is 10.1 Å². The molecule has 0 aliphatic carbocycles. The molecule has 2 rings (SSSR count). The monoisotopic (exact) mass is 272 g/mol. The maximum atomic E-state index is 12.8. The summed E-state index contributed by atoms with van der Waals surface area (Å²) < 4.78 is 38.3. The number of hydrogen-bond donors (Lipinski definition) is 1. The second-order valence-electron chi connectivity index (χ2n) is 4.52. The maximum Gasteiger partial charge on any atom is 0.236 e. The van der Waals surface area contributed by atoms with E-state index in [0.717, 1.165) is 19.4 Å². The van der Waals surface area contributed by atoms with E-state index in [1.807, 2.05) is 0 Å². The Morgan fingerprint density at radius 2 is 2.06 bits per heavy atom. The Labute approximate surface area is 107 Å². The fourth-order valence-electron chi connectivity index (χ4n) is 2.08. The first-order valence-corrected chi connectivity index (χ1v) is 7.55. The molecule has 4 nitrogen and oxygen atoms in total. The van der Waals surface area contributed by atoms with Gasteiger partial charge in [-0.2, -0.15) is 0 Å². The van der Waals surface area contributed by atoms with E-state index in [-0.39, 0.29) is 17.6 Å². The van der Waals surface area contributed by atoms with Gasteiger partial charge in [-0.05, 0) is 43.7 Å². The van der Waals surface area contributed by atoms with Crippen LogP contribution in [0.25, 0.3) is 0 Å². The standard InChI is InChI=1S/C12H17FN2O2S/c1-15(12-6-4-10(13)5-7-12)18(16,17)9-11-3-2-8-14-11/h4-7,11,14H,2-3,8-9H2,1H3. The van der Waals surface area contributed by atoms with Crippen LogP contribution in [0.5, 0.6) is 0 Å². The number of nitrogens with zero attached hydrogens (tertiary/aromatic N) is 1. The maximum absolute atomic E-state index is 12.8. The predicted molar refractivity (Wildman–Crippen MR) is 69.6 cm³/mol. The molecular formula is C12H17FN2O2S. The molecule has 1 aliphatic rings. The fourth-order valence-corrected chi connectivity index (χ4v) is 3.54. The summed E-state index contributed by atoms with van der Waals surface area (Å²) in [4.78, 5) is 0. The van der Waals surface area contributed by atoms with E-state index in [1.54, 1.807) is 0 Å². The third kappa shape index (κ3) is 3.00. The van der Waals surface area contributed by atoms with E-state index < -0.39 is 10.0 Å². The fraction of sp³-hybridized carbons (Fsp3) is 0.500. The van der Waals surface area contributed by atoms with Gasteiger partial charge in [0.2, 0.25) is 10.0 Å². The molecule has 0 aromatic heterocycles. The van der Waals surface area contributed by atoms with Crippen molar-refractivity contribution >= 4 is 15.7 Å². The number of sulfonamides is 1. The normalized spacial score (nSPS) is 20.0. The lowest BCUT2D eigenvalue weighted by molar-refractivity contribution is 0.575. The molecule has 6 heteroatoms. The van der Waals surface area contributed by atoms with Crippen LogP contribution in [0, 0.1) is 5.82 Å². The summed E-state index contributed by atoms with van der Waals surface area (Å²) in [7, 11) is -1.86. The topological polar surface area (TPSA) is 49.4 Å². The zero-order chi connectivity index (χ0) is 13.2. The summed E-state index contributed by atoms with van der Waals surface area (Å²) in [5, 5.41) is 3.16. The quantitative estimate of drug-likeness (QED) is 0.900. The van der Waals surface area contributed by atoms with Gasteiger partial charge in [-0.3, -0.25) is 4.31 Å². The van der Waals surface area contributed by atoms with Gasteiger partial charge in [0.05, 0.1) is 11.4 Å². The summed E-state index contributed by atoms with van der Waals surface area (Å²) in [6.07, 6.45) is 1.90. The lowest BCUT2D eigenvalue weighted by Crippen LogP contribution is -2.37. The summed E-state index contributed by atoms with van der Waals surface area (Å²) >= 11 is 0. The molecule has 18 heavy (non-hydrogen) atoms. The second kappa shape index (κ2) is 5.24. The van der Waals surface area contributed by atoms with E-state index in [4.69, 9.17) is 0 Å². The second-order valence-corrected chi connectivity index (χ2v) is 6.56. The van der Waals surface area contributed by atoms with E-state index in [2.05, 4.69) is 5.32 Å². The van der Waals surface area contributed by atoms with Crippen LogP contribution in [0.1, 0.15) is 12.8 Å². The van der Waals surface area contributed by atoms with E-state index in [1.165, 1.54) is 35.6 Å². The molecule has 0 spiro atoms. The molecule has 0 saturated carbocycles. The van der Waals surface area contributed by atoms with Crippen molar-refractivity contribution in [1.82, 2.24) is 5.32 Å². The van der Waals surface area contributed by atoms with Crippen molar-refractivity contribution in [2.75, 3.05) is 23.7 Å². The Morgan fingerprint density at radius 3 is 2.61 bits per heavy atom. The number of halogens is 1. The van der Waals surface area contributed by atoms with E-state index >= 15 is 0 Å². The molecule has 0 bridgehead atoms. The van der Waals surface area contributed by atoms with Gasteiger partial charge in [0, 0.05) is 13.1 Å². The van der Waals surface area contributed by atoms with Crippen molar-refractivity contribution in [1.29, 1.82) is 0 Å². The summed E-state index contributed by atoms with van der Waals surface area (Å²) in [5.41, 5.74) is 0.481. The number of anilines is 1. The number of hydrogen-bond acceptors (Lipinski definition) is 3. The lowest BCUT2D eigenvalue weighted by Gasteiger charge is -2.21. The molecule has 1 saturated heterocycles. The highest BCUT2D eigenvalue weighted by Gasteiger charge is 2.25. The van der Waals surface area contributed by atoms with E-state index in [9.17, 15) is 12.8 Å².